The van der Waals surface area contributed by atoms with Gasteiger partial charge in [-0.1, -0.05) is 35.9 Å². The lowest BCUT2D eigenvalue weighted by Gasteiger charge is -2.22. The monoisotopic (exact) mass is 373 g/mol. The lowest BCUT2D eigenvalue weighted by Crippen LogP contribution is -2.36. The van der Waals surface area contributed by atoms with Gasteiger partial charge in [-0.2, -0.15) is 0 Å². The Balaban J connectivity index is 1.85. The highest BCUT2D eigenvalue weighted by Gasteiger charge is 2.13. The molecule has 0 bridgehead atoms. The maximum absolute atomic E-state index is 12.4. The molecule has 0 aromatic heterocycles. The van der Waals surface area contributed by atoms with E-state index in [4.69, 9.17) is 11.6 Å². The van der Waals surface area contributed by atoms with Gasteiger partial charge in [0.15, 0.2) is 0 Å². The predicted molar refractivity (Wildman–Crippen MR) is 104 cm³/mol. The van der Waals surface area contributed by atoms with Gasteiger partial charge in [-0.3, -0.25) is 14.5 Å². The van der Waals surface area contributed by atoms with Crippen LogP contribution in [0.25, 0.3) is 0 Å². The normalized spacial score (nSPS) is 10.7. The van der Waals surface area contributed by atoms with Gasteiger partial charge >= 0.3 is 0 Å². The number of carbonyl (C=O) groups excluding carboxylic acids is 2. The Kier molecular flexibility index (Phi) is 7.18. The van der Waals surface area contributed by atoms with E-state index in [1.807, 2.05) is 48.3 Å². The van der Waals surface area contributed by atoms with Crippen LogP contribution in [0.2, 0.25) is 5.02 Å². The molecule has 0 saturated heterocycles. The molecule has 0 aliphatic rings. The van der Waals surface area contributed by atoms with Gasteiger partial charge in [0.2, 0.25) is 5.91 Å². The molecule has 0 aliphatic carbocycles. The molecule has 2 aromatic rings. The van der Waals surface area contributed by atoms with Crippen molar-refractivity contribution in [3.63, 3.8) is 0 Å². The van der Waals surface area contributed by atoms with E-state index in [9.17, 15) is 9.59 Å². The molecule has 0 saturated carbocycles. The van der Waals surface area contributed by atoms with Gasteiger partial charge in [0, 0.05) is 37.8 Å². The Labute approximate surface area is 159 Å². The quantitative estimate of drug-likeness (QED) is 0.812. The highest BCUT2D eigenvalue weighted by atomic mass is 35.5. The number of halogens is 1. The zero-order valence-corrected chi connectivity index (χ0v) is 16.1. The number of likely N-dealkylation sites (N-methyl/N-ethyl adjacent to an activating group) is 2. The van der Waals surface area contributed by atoms with Crippen LogP contribution >= 0.6 is 11.6 Å². The van der Waals surface area contributed by atoms with Crippen LogP contribution in [0.4, 0.5) is 0 Å². The average molecular weight is 374 g/mol. The number of hydrogen-bond donors (Lipinski definition) is 1. The summed E-state index contributed by atoms with van der Waals surface area (Å²) in [6.07, 6.45) is 0. The fraction of sp³-hybridized carbons (Fsp3) is 0.300. The molecule has 0 atom stereocenters. The Morgan fingerprint density at radius 3 is 2.04 bits per heavy atom. The third kappa shape index (κ3) is 5.86. The first-order valence-corrected chi connectivity index (χ1v) is 8.75. The van der Waals surface area contributed by atoms with E-state index in [0.717, 1.165) is 11.1 Å². The number of nitrogens with zero attached hydrogens (tertiary/aromatic N) is 2. The summed E-state index contributed by atoms with van der Waals surface area (Å²) in [4.78, 5) is 27.6. The number of hydrogen-bond acceptors (Lipinski definition) is 3. The number of carbonyl (C=O) groups is 2. The van der Waals surface area contributed by atoms with Crippen molar-refractivity contribution < 1.29 is 9.59 Å². The molecule has 2 aromatic carbocycles. The van der Waals surface area contributed by atoms with Crippen LogP contribution < -0.4 is 5.32 Å². The van der Waals surface area contributed by atoms with Crippen LogP contribution in [0.3, 0.4) is 0 Å². The number of nitrogens with one attached hydrogen (secondary N) is 1. The predicted octanol–water partition coefficient (Wildman–Crippen LogP) is 2.79. The molecular formula is C20H24ClN3O2. The van der Waals surface area contributed by atoms with Crippen LogP contribution in [0.15, 0.2) is 48.5 Å². The van der Waals surface area contributed by atoms with Crippen molar-refractivity contribution in [1.82, 2.24) is 15.1 Å². The molecule has 0 spiro atoms. The molecule has 1 N–H and O–H groups in total. The minimum atomic E-state index is -0.107. The van der Waals surface area contributed by atoms with Gasteiger partial charge in [-0.05, 0) is 42.4 Å². The number of benzene rings is 2. The van der Waals surface area contributed by atoms with Crippen molar-refractivity contribution in [3.8, 4) is 0 Å². The SMILES string of the molecule is CNC(=O)c1ccc(CN(C)CC(=O)N(C)Cc2ccc(Cl)cc2)cc1. The van der Waals surface area contributed by atoms with Crippen molar-refractivity contribution in [2.45, 2.75) is 13.1 Å². The van der Waals surface area contributed by atoms with Crippen molar-refractivity contribution in [3.05, 3.63) is 70.2 Å². The summed E-state index contributed by atoms with van der Waals surface area (Å²) in [5, 5.41) is 3.28. The topological polar surface area (TPSA) is 52.7 Å². The molecule has 2 amide bonds. The van der Waals surface area contributed by atoms with Gasteiger partial charge in [-0.25, -0.2) is 0 Å². The minimum absolute atomic E-state index is 0.0458. The minimum Gasteiger partial charge on any atom is -0.355 e. The van der Waals surface area contributed by atoms with Gasteiger partial charge in [-0.15, -0.1) is 0 Å². The molecular weight excluding hydrogens is 350 g/mol. The molecule has 138 valence electrons. The highest BCUT2D eigenvalue weighted by molar-refractivity contribution is 6.30. The van der Waals surface area contributed by atoms with Gasteiger partial charge in [0.05, 0.1) is 6.54 Å². The van der Waals surface area contributed by atoms with Crippen LogP contribution in [-0.2, 0) is 17.9 Å². The maximum Gasteiger partial charge on any atom is 0.251 e. The fourth-order valence-electron chi connectivity index (χ4n) is 2.58. The summed E-state index contributed by atoms with van der Waals surface area (Å²) in [6.45, 7) is 1.50. The Bertz CT molecular complexity index is 745. The van der Waals surface area contributed by atoms with Gasteiger partial charge in [0.25, 0.3) is 5.91 Å². The maximum atomic E-state index is 12.4. The summed E-state index contributed by atoms with van der Waals surface area (Å²) in [5.41, 5.74) is 2.71. The standard InChI is InChI=1S/C20H24ClN3O2/c1-22-20(26)17-8-4-15(5-9-17)12-23(2)14-19(25)24(3)13-16-6-10-18(21)11-7-16/h4-11H,12-14H2,1-3H3,(H,22,26). The molecule has 26 heavy (non-hydrogen) atoms. The van der Waals surface area contributed by atoms with E-state index in [1.54, 1.807) is 31.1 Å². The molecule has 0 aliphatic heterocycles. The lowest BCUT2D eigenvalue weighted by molar-refractivity contribution is -0.131. The lowest BCUT2D eigenvalue weighted by atomic mass is 10.1. The third-order valence-corrected chi connectivity index (χ3v) is 4.31. The zero-order chi connectivity index (χ0) is 19.1. The van der Waals surface area contributed by atoms with Crippen LogP contribution in [0.1, 0.15) is 21.5 Å². The molecule has 2 rings (SSSR count). The van der Waals surface area contributed by atoms with E-state index in [-0.39, 0.29) is 11.8 Å². The second-order valence-corrected chi connectivity index (χ2v) is 6.76. The molecule has 0 radical (unpaired) electrons. The highest BCUT2D eigenvalue weighted by Crippen LogP contribution is 2.11. The largest absolute Gasteiger partial charge is 0.355 e. The van der Waals surface area contributed by atoms with Crippen LogP contribution in [0, 0.1) is 0 Å². The van der Waals surface area contributed by atoms with Crippen molar-refractivity contribution in [2.75, 3.05) is 27.7 Å². The number of amides is 2. The molecule has 0 fully saturated rings. The molecule has 0 heterocycles. The fourth-order valence-corrected chi connectivity index (χ4v) is 2.70. The average Bonchev–Trinajstić information content (AvgIpc) is 2.63. The van der Waals surface area contributed by atoms with E-state index in [1.165, 1.54) is 0 Å². The molecule has 6 heteroatoms. The van der Waals surface area contributed by atoms with Crippen molar-refractivity contribution in [1.29, 1.82) is 0 Å². The van der Waals surface area contributed by atoms with Crippen molar-refractivity contribution in [2.24, 2.45) is 0 Å². The van der Waals surface area contributed by atoms with E-state index < -0.39 is 0 Å². The van der Waals surface area contributed by atoms with Crippen molar-refractivity contribution >= 4 is 23.4 Å². The Morgan fingerprint density at radius 2 is 1.46 bits per heavy atom. The first-order valence-electron chi connectivity index (χ1n) is 8.37. The van der Waals surface area contributed by atoms with Gasteiger partial charge < -0.3 is 10.2 Å². The first-order chi connectivity index (χ1) is 12.4. The Morgan fingerprint density at radius 1 is 0.923 bits per heavy atom. The smallest absolute Gasteiger partial charge is 0.251 e. The summed E-state index contributed by atoms with van der Waals surface area (Å²) < 4.78 is 0. The third-order valence-electron chi connectivity index (χ3n) is 4.06. The summed E-state index contributed by atoms with van der Waals surface area (Å²) in [7, 11) is 5.31. The Hall–Kier alpha value is -2.37. The number of rotatable bonds is 7. The van der Waals surface area contributed by atoms with Crippen LogP contribution in [-0.4, -0.2) is 49.3 Å². The summed E-state index contributed by atoms with van der Waals surface area (Å²) >= 11 is 5.88. The van der Waals surface area contributed by atoms with E-state index in [0.29, 0.717) is 30.2 Å². The van der Waals surface area contributed by atoms with Crippen LogP contribution in [0.5, 0.6) is 0 Å². The second kappa shape index (κ2) is 9.36. The van der Waals surface area contributed by atoms with E-state index in [2.05, 4.69) is 5.32 Å². The van der Waals surface area contributed by atoms with Gasteiger partial charge in [0.1, 0.15) is 0 Å². The zero-order valence-electron chi connectivity index (χ0n) is 15.3. The summed E-state index contributed by atoms with van der Waals surface area (Å²) in [5.74, 6) is -0.0617. The second-order valence-electron chi connectivity index (χ2n) is 6.32. The summed E-state index contributed by atoms with van der Waals surface area (Å²) in [6, 6.07) is 14.9. The molecule has 5 nitrogen and oxygen atoms in total. The molecule has 0 unspecified atom stereocenters. The van der Waals surface area contributed by atoms with E-state index >= 15 is 0 Å². The first kappa shape index (κ1) is 19.9.